The van der Waals surface area contributed by atoms with E-state index in [0.717, 1.165) is 12.5 Å². The first-order valence-corrected chi connectivity index (χ1v) is 7.39. The van der Waals surface area contributed by atoms with E-state index in [1.54, 1.807) is 11.8 Å². The van der Waals surface area contributed by atoms with Crippen molar-refractivity contribution < 1.29 is 0 Å². The molecular formula is C14H21NS. The molecule has 0 aromatic heterocycles. The van der Waals surface area contributed by atoms with Gasteiger partial charge in [-0.25, -0.2) is 0 Å². The van der Waals surface area contributed by atoms with Crippen LogP contribution in [0.4, 0.5) is 0 Å². The second-order valence-corrected chi connectivity index (χ2v) is 5.56. The van der Waals surface area contributed by atoms with E-state index in [0.29, 0.717) is 6.04 Å². The highest BCUT2D eigenvalue weighted by Gasteiger charge is 2.20. The van der Waals surface area contributed by atoms with Crippen LogP contribution in [-0.4, -0.2) is 12.8 Å². The number of nitrogens with one attached hydrogen (secondary N) is 1. The molecule has 0 amide bonds. The number of hydrogen-bond donors (Lipinski definition) is 1. The van der Waals surface area contributed by atoms with Gasteiger partial charge in [0.2, 0.25) is 0 Å². The van der Waals surface area contributed by atoms with Gasteiger partial charge in [0.1, 0.15) is 0 Å². The molecule has 0 saturated heterocycles. The number of benzene rings is 1. The van der Waals surface area contributed by atoms with Crippen LogP contribution in [0.2, 0.25) is 0 Å². The van der Waals surface area contributed by atoms with Crippen molar-refractivity contribution in [2.45, 2.75) is 37.1 Å². The molecule has 16 heavy (non-hydrogen) atoms. The lowest BCUT2D eigenvalue weighted by Crippen LogP contribution is -2.20. The molecule has 1 N–H and O–H groups in total. The third-order valence-corrected chi connectivity index (χ3v) is 4.06. The molecule has 1 nitrogen and oxygen atoms in total. The monoisotopic (exact) mass is 235 g/mol. The van der Waals surface area contributed by atoms with Crippen molar-refractivity contribution >= 4 is 11.8 Å². The minimum atomic E-state index is 0.481. The van der Waals surface area contributed by atoms with Crippen LogP contribution >= 0.6 is 11.8 Å². The molecule has 0 bridgehead atoms. The predicted molar refractivity (Wildman–Crippen MR) is 72.0 cm³/mol. The first kappa shape index (κ1) is 12.0. The summed E-state index contributed by atoms with van der Waals surface area (Å²) in [6.07, 6.45) is 6.39. The molecule has 0 spiro atoms. The van der Waals surface area contributed by atoms with Crippen molar-refractivity contribution in [2.24, 2.45) is 5.92 Å². The van der Waals surface area contributed by atoms with Crippen LogP contribution in [0.1, 0.15) is 37.8 Å². The molecule has 0 aliphatic heterocycles. The smallest absolute Gasteiger partial charge is 0.0291 e. The first-order chi connectivity index (χ1) is 7.79. The molecule has 0 radical (unpaired) electrons. The van der Waals surface area contributed by atoms with Gasteiger partial charge in [0.15, 0.2) is 0 Å². The zero-order valence-corrected chi connectivity index (χ0v) is 11.0. The van der Waals surface area contributed by atoms with Gasteiger partial charge in [-0.3, -0.25) is 0 Å². The zero-order chi connectivity index (χ0) is 11.4. The Balaban J connectivity index is 1.79. The molecule has 1 fully saturated rings. The lowest BCUT2D eigenvalue weighted by atomic mass is 10.1. The average molecular weight is 235 g/mol. The van der Waals surface area contributed by atoms with Crippen molar-refractivity contribution in [3.05, 3.63) is 29.8 Å². The van der Waals surface area contributed by atoms with Crippen LogP contribution in [-0.2, 0) is 0 Å². The Labute approximate surface area is 103 Å². The zero-order valence-electron chi connectivity index (χ0n) is 10.2. The molecule has 2 rings (SSSR count). The maximum atomic E-state index is 3.60. The minimum absolute atomic E-state index is 0.481. The minimum Gasteiger partial charge on any atom is -0.310 e. The van der Waals surface area contributed by atoms with E-state index < -0.39 is 0 Å². The van der Waals surface area contributed by atoms with Gasteiger partial charge in [-0.05, 0) is 49.8 Å². The third kappa shape index (κ3) is 3.53. The Hall–Kier alpha value is -0.470. The number of thioether (sulfide) groups is 1. The van der Waals surface area contributed by atoms with Crippen LogP contribution in [0.3, 0.4) is 0 Å². The van der Waals surface area contributed by atoms with E-state index >= 15 is 0 Å². The Kier molecular flexibility index (Phi) is 4.30. The molecule has 1 atom stereocenters. The van der Waals surface area contributed by atoms with Gasteiger partial charge in [-0.1, -0.05) is 25.0 Å². The van der Waals surface area contributed by atoms with Crippen molar-refractivity contribution in [2.75, 3.05) is 12.8 Å². The van der Waals surface area contributed by atoms with Gasteiger partial charge in [-0.2, -0.15) is 0 Å². The standard InChI is InChI=1S/C14H21NS/c1-11(15-10-9-12-3-4-12)13-5-7-14(16-2)8-6-13/h5-8,11-12,15H,3-4,9-10H2,1-2H3. The normalized spacial score (nSPS) is 17.4. The molecule has 1 aromatic carbocycles. The Morgan fingerprint density at radius 2 is 2.00 bits per heavy atom. The summed E-state index contributed by atoms with van der Waals surface area (Å²) in [6, 6.07) is 9.37. The molecular weight excluding hydrogens is 214 g/mol. The molecule has 1 aromatic rings. The van der Waals surface area contributed by atoms with Crippen LogP contribution in [0.5, 0.6) is 0 Å². The lowest BCUT2D eigenvalue weighted by Gasteiger charge is -2.14. The Morgan fingerprint density at radius 1 is 1.31 bits per heavy atom. The van der Waals surface area contributed by atoms with Gasteiger partial charge in [0.05, 0.1) is 0 Å². The van der Waals surface area contributed by atoms with E-state index in [4.69, 9.17) is 0 Å². The van der Waals surface area contributed by atoms with Crippen LogP contribution in [0, 0.1) is 5.92 Å². The van der Waals surface area contributed by atoms with Crippen LogP contribution in [0.15, 0.2) is 29.2 Å². The fourth-order valence-corrected chi connectivity index (χ4v) is 2.33. The summed E-state index contributed by atoms with van der Waals surface area (Å²) in [7, 11) is 0. The van der Waals surface area contributed by atoms with Crippen molar-refractivity contribution in [3.63, 3.8) is 0 Å². The topological polar surface area (TPSA) is 12.0 Å². The van der Waals surface area contributed by atoms with Crippen molar-refractivity contribution in [3.8, 4) is 0 Å². The van der Waals surface area contributed by atoms with Gasteiger partial charge >= 0.3 is 0 Å². The lowest BCUT2D eigenvalue weighted by molar-refractivity contribution is 0.539. The summed E-state index contributed by atoms with van der Waals surface area (Å²) in [6.45, 7) is 3.41. The molecule has 1 unspecified atom stereocenters. The number of hydrogen-bond acceptors (Lipinski definition) is 2. The van der Waals surface area contributed by atoms with E-state index in [1.165, 1.54) is 29.7 Å². The summed E-state index contributed by atoms with van der Waals surface area (Å²) >= 11 is 1.80. The SMILES string of the molecule is CSc1ccc(C(C)NCCC2CC2)cc1. The van der Waals surface area contributed by atoms with Gasteiger partial charge in [0, 0.05) is 10.9 Å². The molecule has 1 saturated carbocycles. The van der Waals surface area contributed by atoms with Gasteiger partial charge in [0.25, 0.3) is 0 Å². The fourth-order valence-electron chi connectivity index (χ4n) is 1.92. The van der Waals surface area contributed by atoms with E-state index in [2.05, 4.69) is 42.8 Å². The van der Waals surface area contributed by atoms with Crippen molar-refractivity contribution in [1.82, 2.24) is 5.32 Å². The molecule has 1 aliphatic rings. The highest BCUT2D eigenvalue weighted by Crippen LogP contribution is 2.32. The van der Waals surface area contributed by atoms with E-state index in [1.807, 2.05) is 0 Å². The summed E-state index contributed by atoms with van der Waals surface area (Å²) in [4.78, 5) is 1.34. The Bertz CT molecular complexity index is 316. The van der Waals surface area contributed by atoms with Gasteiger partial charge in [-0.15, -0.1) is 11.8 Å². The Morgan fingerprint density at radius 3 is 2.56 bits per heavy atom. The summed E-state index contributed by atoms with van der Waals surface area (Å²) in [5.74, 6) is 1.03. The highest BCUT2D eigenvalue weighted by molar-refractivity contribution is 7.98. The highest BCUT2D eigenvalue weighted by atomic mass is 32.2. The van der Waals surface area contributed by atoms with Gasteiger partial charge < -0.3 is 5.32 Å². The second-order valence-electron chi connectivity index (χ2n) is 4.68. The second kappa shape index (κ2) is 5.74. The average Bonchev–Trinajstić information content (AvgIpc) is 3.13. The predicted octanol–water partition coefficient (Wildman–Crippen LogP) is 3.86. The largest absolute Gasteiger partial charge is 0.310 e. The molecule has 88 valence electrons. The summed E-state index contributed by atoms with van der Waals surface area (Å²) < 4.78 is 0. The van der Waals surface area contributed by atoms with E-state index in [9.17, 15) is 0 Å². The maximum Gasteiger partial charge on any atom is 0.0291 e. The molecule has 0 heterocycles. The van der Waals surface area contributed by atoms with E-state index in [-0.39, 0.29) is 0 Å². The van der Waals surface area contributed by atoms with Crippen LogP contribution < -0.4 is 5.32 Å². The fraction of sp³-hybridized carbons (Fsp3) is 0.571. The number of rotatable bonds is 6. The summed E-state index contributed by atoms with van der Waals surface area (Å²) in [5.41, 5.74) is 1.40. The maximum absolute atomic E-state index is 3.60. The molecule has 2 heteroatoms. The summed E-state index contributed by atoms with van der Waals surface area (Å²) in [5, 5.41) is 3.60. The first-order valence-electron chi connectivity index (χ1n) is 6.17. The van der Waals surface area contributed by atoms with Crippen molar-refractivity contribution in [1.29, 1.82) is 0 Å². The quantitative estimate of drug-likeness (QED) is 0.751. The van der Waals surface area contributed by atoms with Crippen LogP contribution in [0.25, 0.3) is 0 Å². The molecule has 1 aliphatic carbocycles. The third-order valence-electron chi connectivity index (χ3n) is 3.32.